The maximum absolute atomic E-state index is 12.8. The molecule has 6 heteroatoms. The Bertz CT molecular complexity index is 1020. The smallest absolute Gasteiger partial charge is 0.234 e. The Morgan fingerprint density at radius 1 is 0.458 bits per heavy atom. The molecule has 2 aromatic carbocycles. The van der Waals surface area contributed by atoms with Crippen molar-refractivity contribution in [2.75, 3.05) is 0 Å². The summed E-state index contributed by atoms with van der Waals surface area (Å²) < 4.78 is 0. The van der Waals surface area contributed by atoms with Crippen molar-refractivity contribution in [2.24, 2.45) is 0 Å². The number of carbonyl (C=O) groups excluding carboxylic acids is 2. The summed E-state index contributed by atoms with van der Waals surface area (Å²) in [5.41, 5.74) is 2.41. The van der Waals surface area contributed by atoms with Crippen molar-refractivity contribution in [3.8, 4) is 0 Å². The molecule has 0 atom stereocenters. The summed E-state index contributed by atoms with van der Waals surface area (Å²) in [6.07, 6.45) is 0. The van der Waals surface area contributed by atoms with Crippen LogP contribution < -0.4 is 0 Å². The highest BCUT2D eigenvalue weighted by Gasteiger charge is 2.35. The van der Waals surface area contributed by atoms with E-state index in [9.17, 15) is 9.59 Å². The highest BCUT2D eigenvalue weighted by Crippen LogP contribution is 2.26. The van der Waals surface area contributed by atoms with Crippen LogP contribution >= 0.6 is 0 Å². The van der Waals surface area contributed by atoms with Crippen LogP contribution in [0.5, 0.6) is 0 Å². The van der Waals surface area contributed by atoms with E-state index < -0.39 is 11.6 Å². The number of rotatable bonds is 0. The number of aromatic nitrogens is 4. The van der Waals surface area contributed by atoms with Crippen LogP contribution in [0.3, 0.4) is 0 Å². The lowest BCUT2D eigenvalue weighted by atomic mass is 9.97. The molecule has 0 aliphatic heterocycles. The van der Waals surface area contributed by atoms with Gasteiger partial charge < -0.3 is 0 Å². The molecule has 0 saturated carbocycles. The Morgan fingerprint density at radius 3 is 0.958 bits per heavy atom. The lowest BCUT2D eigenvalue weighted by Crippen LogP contribution is -2.26. The second-order valence-corrected chi connectivity index (χ2v) is 5.48. The van der Waals surface area contributed by atoms with E-state index >= 15 is 0 Å². The van der Waals surface area contributed by atoms with E-state index in [0.717, 1.165) is 0 Å². The van der Waals surface area contributed by atoms with Gasteiger partial charge in [-0.05, 0) is 24.3 Å². The van der Waals surface area contributed by atoms with Gasteiger partial charge in [0, 0.05) is 0 Å². The summed E-state index contributed by atoms with van der Waals surface area (Å²) in [7, 11) is 0. The zero-order valence-corrected chi connectivity index (χ0v) is 12.2. The fourth-order valence-corrected chi connectivity index (χ4v) is 2.86. The minimum atomic E-state index is -0.420. The average Bonchev–Trinajstić information content (AvgIpc) is 2.64. The maximum Gasteiger partial charge on any atom is 0.234 e. The van der Waals surface area contributed by atoms with E-state index in [1.54, 1.807) is 48.5 Å². The first kappa shape index (κ1) is 13.0. The van der Waals surface area contributed by atoms with Crippen LogP contribution in [0.25, 0.3) is 22.1 Å². The summed E-state index contributed by atoms with van der Waals surface area (Å²) in [6.45, 7) is 0. The summed E-state index contributed by atoms with van der Waals surface area (Å²) in [6, 6.07) is 14.2. The Morgan fingerprint density at radius 2 is 0.708 bits per heavy atom. The third kappa shape index (κ3) is 1.65. The third-order valence-corrected chi connectivity index (χ3v) is 4.00. The molecule has 1 aliphatic carbocycles. The number of carbonyl (C=O) groups is 2. The van der Waals surface area contributed by atoms with Crippen LogP contribution in [0.1, 0.15) is 32.4 Å². The van der Waals surface area contributed by atoms with E-state index in [2.05, 4.69) is 19.9 Å². The first-order chi connectivity index (χ1) is 11.7. The molecular formula is C18H8N4O2. The quantitative estimate of drug-likeness (QED) is 0.436. The van der Waals surface area contributed by atoms with Crippen molar-refractivity contribution >= 4 is 33.6 Å². The molecule has 24 heavy (non-hydrogen) atoms. The van der Waals surface area contributed by atoms with Crippen LogP contribution in [0.15, 0.2) is 48.5 Å². The largest absolute Gasteiger partial charge is 0.285 e. The Labute approximate surface area is 135 Å². The fraction of sp³-hybridized carbons (Fsp3) is 0. The molecule has 2 aromatic heterocycles. The summed E-state index contributed by atoms with van der Waals surface area (Å²) in [5.74, 6) is -0.841. The highest BCUT2D eigenvalue weighted by atomic mass is 16.1. The molecule has 0 unspecified atom stereocenters. The monoisotopic (exact) mass is 312 g/mol. The van der Waals surface area contributed by atoms with E-state index in [4.69, 9.17) is 0 Å². The van der Waals surface area contributed by atoms with E-state index in [1.165, 1.54) is 0 Å². The van der Waals surface area contributed by atoms with Crippen molar-refractivity contribution in [1.29, 1.82) is 0 Å². The van der Waals surface area contributed by atoms with Crippen LogP contribution in [0.4, 0.5) is 0 Å². The van der Waals surface area contributed by atoms with Crippen molar-refractivity contribution in [3.63, 3.8) is 0 Å². The molecule has 0 bridgehead atoms. The highest BCUT2D eigenvalue weighted by molar-refractivity contribution is 6.26. The predicted molar refractivity (Wildman–Crippen MR) is 85.9 cm³/mol. The molecule has 0 saturated heterocycles. The molecule has 0 spiro atoms. The summed E-state index contributed by atoms with van der Waals surface area (Å²) >= 11 is 0. The molecule has 4 aromatic rings. The normalized spacial score (nSPS) is 13.2. The minimum Gasteiger partial charge on any atom is -0.285 e. The molecule has 6 nitrogen and oxygen atoms in total. The lowest BCUT2D eigenvalue weighted by molar-refractivity contribution is 0.0965. The summed E-state index contributed by atoms with van der Waals surface area (Å²) in [5, 5.41) is 0. The Balaban J connectivity index is 1.84. The van der Waals surface area contributed by atoms with Crippen molar-refractivity contribution in [2.45, 2.75) is 0 Å². The molecular weight excluding hydrogens is 304 g/mol. The number of hydrogen-bond acceptors (Lipinski definition) is 6. The number of ketones is 2. The van der Waals surface area contributed by atoms with Crippen LogP contribution in [0.2, 0.25) is 0 Å². The third-order valence-electron chi connectivity index (χ3n) is 4.00. The lowest BCUT2D eigenvalue weighted by Gasteiger charge is -2.15. The van der Waals surface area contributed by atoms with Crippen LogP contribution in [-0.2, 0) is 0 Å². The predicted octanol–water partition coefficient (Wildman–Crippen LogP) is 2.35. The SMILES string of the molecule is O=C1c2nc3ccccc3nc2C(=O)c2nc3ccccc3nc21. The Hall–Kier alpha value is -3.54. The Kier molecular flexibility index (Phi) is 2.42. The standard InChI is InChI=1S/C18H8N4O2/c23-17-13-14(20-10-6-2-1-5-9(10)19-13)18(24)16-15(17)21-11-7-3-4-8-12(11)22-16/h1-8H. The topological polar surface area (TPSA) is 85.7 Å². The number of hydrogen-bond donors (Lipinski definition) is 0. The number of nitrogens with zero attached hydrogens (tertiary/aromatic N) is 4. The van der Waals surface area contributed by atoms with Gasteiger partial charge in [0.2, 0.25) is 11.6 Å². The minimum absolute atomic E-state index is 0.0378. The van der Waals surface area contributed by atoms with Crippen molar-refractivity contribution in [1.82, 2.24) is 19.9 Å². The van der Waals surface area contributed by atoms with Gasteiger partial charge in [-0.3, -0.25) is 9.59 Å². The molecule has 0 fully saturated rings. The van der Waals surface area contributed by atoms with Gasteiger partial charge in [0.25, 0.3) is 0 Å². The molecule has 5 rings (SSSR count). The molecule has 0 radical (unpaired) electrons. The average molecular weight is 312 g/mol. The zero-order valence-electron chi connectivity index (χ0n) is 12.2. The van der Waals surface area contributed by atoms with Gasteiger partial charge in [-0.15, -0.1) is 0 Å². The van der Waals surface area contributed by atoms with Gasteiger partial charge in [0.15, 0.2) is 0 Å². The van der Waals surface area contributed by atoms with Crippen molar-refractivity contribution in [3.05, 3.63) is 71.3 Å². The second kappa shape index (κ2) is 4.48. The van der Waals surface area contributed by atoms with Gasteiger partial charge in [0.1, 0.15) is 22.8 Å². The van der Waals surface area contributed by atoms with Crippen LogP contribution in [-0.4, -0.2) is 31.5 Å². The number of fused-ring (bicyclic) bond motifs is 4. The van der Waals surface area contributed by atoms with Gasteiger partial charge in [0.05, 0.1) is 22.1 Å². The number of para-hydroxylation sites is 4. The molecule has 0 N–H and O–H groups in total. The molecule has 0 amide bonds. The molecule has 1 aliphatic rings. The number of benzene rings is 2. The van der Waals surface area contributed by atoms with Crippen LogP contribution in [0, 0.1) is 0 Å². The van der Waals surface area contributed by atoms with Gasteiger partial charge in [-0.2, -0.15) is 0 Å². The van der Waals surface area contributed by atoms with E-state index in [0.29, 0.717) is 22.1 Å². The van der Waals surface area contributed by atoms with E-state index in [1.807, 2.05) is 0 Å². The summed E-state index contributed by atoms with van der Waals surface area (Å²) in [4.78, 5) is 42.9. The van der Waals surface area contributed by atoms with Gasteiger partial charge >= 0.3 is 0 Å². The molecule has 2 heterocycles. The van der Waals surface area contributed by atoms with E-state index in [-0.39, 0.29) is 22.8 Å². The van der Waals surface area contributed by atoms with Crippen molar-refractivity contribution < 1.29 is 9.59 Å². The molecule has 112 valence electrons. The van der Waals surface area contributed by atoms with Gasteiger partial charge in [-0.25, -0.2) is 19.9 Å². The second-order valence-electron chi connectivity index (χ2n) is 5.48. The van der Waals surface area contributed by atoms with Gasteiger partial charge in [-0.1, -0.05) is 24.3 Å². The first-order valence-electron chi connectivity index (χ1n) is 7.35. The first-order valence-corrected chi connectivity index (χ1v) is 7.35. The zero-order chi connectivity index (χ0) is 16.3. The maximum atomic E-state index is 12.8. The fourth-order valence-electron chi connectivity index (χ4n) is 2.86.